The Labute approximate surface area is 153 Å². The van der Waals surface area contributed by atoms with Crippen LogP contribution in [0.3, 0.4) is 0 Å². The number of rotatable bonds is 3. The Morgan fingerprint density at radius 2 is 1.85 bits per heavy atom. The van der Waals surface area contributed by atoms with Gasteiger partial charge in [-0.15, -0.1) is 11.3 Å². The molecule has 3 aromatic rings. The second kappa shape index (κ2) is 5.78. The van der Waals surface area contributed by atoms with E-state index in [0.29, 0.717) is 11.1 Å². The number of thiazole rings is 1. The van der Waals surface area contributed by atoms with Gasteiger partial charge in [0.2, 0.25) is 0 Å². The fraction of sp³-hybridized carbons (Fsp3) is 0.150. The van der Waals surface area contributed by atoms with Crippen molar-refractivity contribution in [1.29, 1.82) is 0 Å². The maximum Gasteiger partial charge on any atom is 0.261 e. The fourth-order valence-electron chi connectivity index (χ4n) is 3.38. The van der Waals surface area contributed by atoms with E-state index in [4.69, 9.17) is 4.74 Å². The van der Waals surface area contributed by atoms with Crippen molar-refractivity contribution in [2.75, 3.05) is 6.61 Å². The van der Waals surface area contributed by atoms with E-state index in [0.717, 1.165) is 35.0 Å². The molecule has 0 radical (unpaired) electrons. The fourth-order valence-corrected chi connectivity index (χ4v) is 4.17. The molecule has 128 valence electrons. The number of nitrogens with zero attached hydrogens (tertiary/aromatic N) is 2. The minimum absolute atomic E-state index is 0.199. The third kappa shape index (κ3) is 2.34. The number of amides is 2. The molecule has 0 fully saturated rings. The highest BCUT2D eigenvalue weighted by atomic mass is 32.1. The number of carbonyl (C=O) groups excluding carboxylic acids is 2. The Kier molecular flexibility index (Phi) is 3.39. The predicted molar refractivity (Wildman–Crippen MR) is 97.4 cm³/mol. The number of ether oxygens (including phenoxy) is 1. The van der Waals surface area contributed by atoms with Gasteiger partial charge in [-0.2, -0.15) is 0 Å². The molecular weight excluding hydrogens is 348 g/mol. The molecule has 2 amide bonds. The van der Waals surface area contributed by atoms with Gasteiger partial charge in [-0.05, 0) is 35.9 Å². The third-order valence-corrected chi connectivity index (χ3v) is 5.54. The molecule has 2 aliphatic heterocycles. The zero-order valence-corrected chi connectivity index (χ0v) is 14.6. The molecule has 0 N–H and O–H groups in total. The molecule has 1 aromatic heterocycles. The number of imide groups is 1. The molecule has 0 saturated heterocycles. The maximum atomic E-state index is 12.5. The van der Waals surface area contributed by atoms with Crippen molar-refractivity contribution in [3.05, 3.63) is 69.5 Å². The molecule has 0 bridgehead atoms. The summed E-state index contributed by atoms with van der Waals surface area (Å²) in [5.74, 6) is 0.435. The summed E-state index contributed by atoms with van der Waals surface area (Å²) in [6, 6.07) is 13.0. The third-order valence-electron chi connectivity index (χ3n) is 4.71. The smallest absolute Gasteiger partial charge is 0.261 e. The van der Waals surface area contributed by atoms with E-state index in [1.54, 1.807) is 24.3 Å². The van der Waals surface area contributed by atoms with E-state index in [1.807, 2.05) is 17.5 Å². The number of carbonyl (C=O) groups is 2. The molecule has 0 spiro atoms. The van der Waals surface area contributed by atoms with E-state index >= 15 is 0 Å². The van der Waals surface area contributed by atoms with Crippen molar-refractivity contribution in [2.45, 2.75) is 13.0 Å². The molecular formula is C20H14N2O3S. The lowest BCUT2D eigenvalue weighted by atomic mass is 10.1. The second-order valence-electron chi connectivity index (χ2n) is 6.29. The van der Waals surface area contributed by atoms with Gasteiger partial charge in [-0.3, -0.25) is 14.5 Å². The molecule has 26 heavy (non-hydrogen) atoms. The van der Waals surface area contributed by atoms with Gasteiger partial charge in [0.05, 0.1) is 30.0 Å². The van der Waals surface area contributed by atoms with Crippen LogP contribution in [0.2, 0.25) is 0 Å². The van der Waals surface area contributed by atoms with Crippen LogP contribution >= 0.6 is 11.3 Å². The van der Waals surface area contributed by atoms with E-state index < -0.39 is 0 Å². The summed E-state index contributed by atoms with van der Waals surface area (Å²) in [6.07, 6.45) is 0.912. The van der Waals surface area contributed by atoms with Gasteiger partial charge in [-0.25, -0.2) is 4.98 Å². The number of benzene rings is 2. The zero-order chi connectivity index (χ0) is 17.7. The number of fused-ring (bicyclic) bond motifs is 2. The van der Waals surface area contributed by atoms with Crippen LogP contribution in [-0.4, -0.2) is 28.3 Å². The summed E-state index contributed by atoms with van der Waals surface area (Å²) in [7, 11) is 0. The highest BCUT2D eigenvalue weighted by molar-refractivity contribution is 7.09. The Morgan fingerprint density at radius 1 is 1.08 bits per heavy atom. The first-order valence-electron chi connectivity index (χ1n) is 8.36. The van der Waals surface area contributed by atoms with Gasteiger partial charge in [0.15, 0.2) is 0 Å². The Morgan fingerprint density at radius 3 is 2.62 bits per heavy atom. The van der Waals surface area contributed by atoms with Gasteiger partial charge in [0.25, 0.3) is 11.8 Å². The zero-order valence-electron chi connectivity index (χ0n) is 13.8. The van der Waals surface area contributed by atoms with Crippen LogP contribution in [0.4, 0.5) is 0 Å². The van der Waals surface area contributed by atoms with Gasteiger partial charge in [0.1, 0.15) is 10.8 Å². The minimum Gasteiger partial charge on any atom is -0.493 e. The minimum atomic E-state index is -0.253. The Balaban J connectivity index is 1.40. The molecule has 3 heterocycles. The lowest BCUT2D eigenvalue weighted by molar-refractivity contribution is 0.0642. The van der Waals surface area contributed by atoms with Crippen molar-refractivity contribution in [2.24, 2.45) is 0 Å². The first kappa shape index (κ1) is 15.3. The van der Waals surface area contributed by atoms with E-state index in [2.05, 4.69) is 11.1 Å². The van der Waals surface area contributed by atoms with Gasteiger partial charge in [0, 0.05) is 17.4 Å². The quantitative estimate of drug-likeness (QED) is 0.669. The molecule has 2 aromatic carbocycles. The molecule has 0 aliphatic carbocycles. The topological polar surface area (TPSA) is 59.5 Å². The van der Waals surface area contributed by atoms with Crippen LogP contribution in [0.25, 0.3) is 11.3 Å². The number of hydrogen-bond acceptors (Lipinski definition) is 5. The van der Waals surface area contributed by atoms with E-state index in [9.17, 15) is 9.59 Å². The summed E-state index contributed by atoms with van der Waals surface area (Å²) in [5.41, 5.74) is 4.01. The largest absolute Gasteiger partial charge is 0.493 e. The van der Waals surface area contributed by atoms with Gasteiger partial charge in [-0.1, -0.05) is 12.1 Å². The molecule has 0 saturated carbocycles. The molecule has 5 rings (SSSR count). The van der Waals surface area contributed by atoms with E-state index in [-0.39, 0.29) is 18.4 Å². The lowest BCUT2D eigenvalue weighted by Gasteiger charge is -2.11. The first-order chi connectivity index (χ1) is 12.7. The summed E-state index contributed by atoms with van der Waals surface area (Å²) < 4.78 is 5.54. The van der Waals surface area contributed by atoms with Crippen LogP contribution in [0.5, 0.6) is 5.75 Å². The maximum absolute atomic E-state index is 12.5. The van der Waals surface area contributed by atoms with Crippen molar-refractivity contribution < 1.29 is 14.3 Å². The normalized spacial score (nSPS) is 15.2. The molecule has 0 unspecified atom stereocenters. The van der Waals surface area contributed by atoms with Crippen LogP contribution < -0.4 is 4.74 Å². The molecule has 5 nitrogen and oxygen atoms in total. The SMILES string of the molecule is O=C1c2ccccc2C(=O)N1Cc1nc(-c2ccc3c(c2)CCO3)cs1. The highest BCUT2D eigenvalue weighted by Gasteiger charge is 2.35. The Hall–Kier alpha value is -2.99. The van der Waals surface area contributed by atoms with Crippen molar-refractivity contribution in [3.8, 4) is 17.0 Å². The summed E-state index contributed by atoms with van der Waals surface area (Å²) in [4.78, 5) is 30.9. The van der Waals surface area contributed by atoms with Gasteiger partial charge >= 0.3 is 0 Å². The van der Waals surface area contributed by atoms with Crippen molar-refractivity contribution >= 4 is 23.2 Å². The average Bonchev–Trinajstić information content (AvgIpc) is 3.37. The summed E-state index contributed by atoms with van der Waals surface area (Å²) in [6.45, 7) is 0.923. The van der Waals surface area contributed by atoms with Crippen LogP contribution in [0, 0.1) is 0 Å². The monoisotopic (exact) mass is 362 g/mol. The van der Waals surface area contributed by atoms with Crippen molar-refractivity contribution in [1.82, 2.24) is 9.88 Å². The van der Waals surface area contributed by atoms with Crippen molar-refractivity contribution in [3.63, 3.8) is 0 Å². The van der Waals surface area contributed by atoms with Crippen LogP contribution in [-0.2, 0) is 13.0 Å². The first-order valence-corrected chi connectivity index (χ1v) is 9.24. The molecule has 6 heteroatoms. The van der Waals surface area contributed by atoms with Crippen LogP contribution in [0.15, 0.2) is 47.8 Å². The van der Waals surface area contributed by atoms with Crippen LogP contribution in [0.1, 0.15) is 31.3 Å². The number of aromatic nitrogens is 1. The highest BCUT2D eigenvalue weighted by Crippen LogP contribution is 2.32. The predicted octanol–water partition coefficient (Wildman–Crippen LogP) is 3.54. The Bertz CT molecular complexity index is 1020. The standard InChI is InChI=1S/C20H14N2O3S/c23-19-14-3-1-2-4-15(14)20(24)22(19)10-18-21-16(11-26-18)12-5-6-17-13(9-12)7-8-25-17/h1-6,9,11H,7-8,10H2. The second-order valence-corrected chi connectivity index (χ2v) is 7.23. The lowest BCUT2D eigenvalue weighted by Crippen LogP contribution is -2.29. The summed E-state index contributed by atoms with van der Waals surface area (Å²) >= 11 is 1.46. The molecule has 2 aliphatic rings. The summed E-state index contributed by atoms with van der Waals surface area (Å²) in [5, 5.41) is 2.71. The average molecular weight is 362 g/mol. The molecule has 0 atom stereocenters. The number of hydrogen-bond donors (Lipinski definition) is 0. The van der Waals surface area contributed by atoms with Gasteiger partial charge < -0.3 is 4.74 Å². The van der Waals surface area contributed by atoms with E-state index in [1.165, 1.54) is 21.8 Å².